The monoisotopic (exact) mass is 632 g/mol. The first-order chi connectivity index (χ1) is 21.7. The third-order valence-corrected chi connectivity index (χ3v) is 8.47. The topological polar surface area (TPSA) is 129 Å². The summed E-state index contributed by atoms with van der Waals surface area (Å²) in [6.45, 7) is 22.4. The summed E-state index contributed by atoms with van der Waals surface area (Å²) < 4.78 is 1.57. The predicted molar refractivity (Wildman–Crippen MR) is 186 cm³/mol. The quantitative estimate of drug-likeness (QED) is 0.171. The van der Waals surface area contributed by atoms with E-state index in [2.05, 4.69) is 97.8 Å². The highest BCUT2D eigenvalue weighted by molar-refractivity contribution is 7.13. The lowest BCUT2D eigenvalue weighted by Crippen LogP contribution is -2.14. The first-order valence-electron chi connectivity index (χ1n) is 15.1. The van der Waals surface area contributed by atoms with Crippen LogP contribution in [0.5, 0.6) is 0 Å². The van der Waals surface area contributed by atoms with Crippen LogP contribution in [0, 0.1) is 66.7 Å². The lowest BCUT2D eigenvalue weighted by atomic mass is 9.90. The summed E-state index contributed by atoms with van der Waals surface area (Å²) in [6, 6.07) is 12.9. The van der Waals surface area contributed by atoms with Gasteiger partial charge in [0.2, 0.25) is 5.13 Å². The minimum absolute atomic E-state index is 0.296. The van der Waals surface area contributed by atoms with Gasteiger partial charge in [0.05, 0.1) is 5.69 Å². The van der Waals surface area contributed by atoms with Crippen LogP contribution in [0.15, 0.2) is 40.6 Å². The van der Waals surface area contributed by atoms with Gasteiger partial charge in [-0.05, 0) is 89.3 Å². The Balaban J connectivity index is 1.68. The molecular formula is C35H40N10S. The maximum atomic E-state index is 10.3. The number of nitrogens with one attached hydrogen (secondary N) is 2. The molecule has 0 fully saturated rings. The fourth-order valence-corrected chi connectivity index (χ4v) is 6.32. The molecule has 3 heterocycles. The van der Waals surface area contributed by atoms with E-state index in [-0.39, 0.29) is 0 Å². The molecule has 10 nitrogen and oxygen atoms in total. The van der Waals surface area contributed by atoms with E-state index in [4.69, 9.17) is 15.2 Å². The van der Waals surface area contributed by atoms with Gasteiger partial charge in [0.25, 0.3) is 0 Å². The summed E-state index contributed by atoms with van der Waals surface area (Å²) >= 11 is 1.37. The summed E-state index contributed by atoms with van der Waals surface area (Å²) in [5.74, 6) is 1.51. The number of hydrogen-bond acceptors (Lipinski definition) is 10. The summed E-state index contributed by atoms with van der Waals surface area (Å²) in [5.41, 5.74) is 10.8. The van der Waals surface area contributed by atoms with Crippen molar-refractivity contribution >= 4 is 45.9 Å². The average Bonchev–Trinajstić information content (AvgIpc) is 3.55. The van der Waals surface area contributed by atoms with E-state index in [1.54, 1.807) is 4.68 Å². The Bertz CT molecular complexity index is 1990. The van der Waals surface area contributed by atoms with Crippen LogP contribution in [-0.4, -0.2) is 25.0 Å². The van der Waals surface area contributed by atoms with Crippen LogP contribution in [0.25, 0.3) is 5.13 Å². The van der Waals surface area contributed by atoms with E-state index in [9.17, 15) is 5.26 Å². The molecule has 0 saturated heterocycles. The number of azo groups is 1. The number of rotatable bonds is 7. The smallest absolute Gasteiger partial charge is 0.234 e. The van der Waals surface area contributed by atoms with Crippen molar-refractivity contribution in [1.29, 1.82) is 5.26 Å². The summed E-state index contributed by atoms with van der Waals surface area (Å²) in [5, 5.41) is 41.4. The minimum Gasteiger partial charge on any atom is -0.340 e. The zero-order chi connectivity index (χ0) is 33.5. The van der Waals surface area contributed by atoms with Crippen molar-refractivity contribution in [3.8, 4) is 11.2 Å². The van der Waals surface area contributed by atoms with E-state index in [0.29, 0.717) is 39.5 Å². The van der Waals surface area contributed by atoms with Gasteiger partial charge in [0, 0.05) is 16.8 Å². The van der Waals surface area contributed by atoms with Crippen LogP contribution < -0.4 is 10.6 Å². The van der Waals surface area contributed by atoms with Gasteiger partial charge >= 0.3 is 0 Å². The standard InChI is InChI=1S/C35H40N10S/c1-18-12-20(3)28(21(4)13-18)37-27-16-24(7)30(32(38-27)39-29-22(5)14-19(2)15-23(29)6)41-42-33-26(17-36)31(35(9,10)11)44-45(33)34-43-40-25(8)46-34/h12-16H,1-11H3,(H2,37,38,39). The molecule has 0 saturated carbocycles. The summed E-state index contributed by atoms with van der Waals surface area (Å²) in [4.78, 5) is 5.03. The number of hydrogen-bond donors (Lipinski definition) is 2. The van der Waals surface area contributed by atoms with Crippen LogP contribution in [-0.2, 0) is 5.41 Å². The summed E-state index contributed by atoms with van der Waals surface area (Å²) in [6.07, 6.45) is 0. The molecule has 11 heteroatoms. The lowest BCUT2D eigenvalue weighted by molar-refractivity contribution is 0.558. The second-order valence-electron chi connectivity index (χ2n) is 12.9. The molecule has 0 atom stereocenters. The summed E-state index contributed by atoms with van der Waals surface area (Å²) in [7, 11) is 0. The Hall–Kier alpha value is -4.95. The Morgan fingerprint density at radius 2 is 1.33 bits per heavy atom. The van der Waals surface area contributed by atoms with Crippen LogP contribution >= 0.6 is 11.3 Å². The van der Waals surface area contributed by atoms with Crippen molar-refractivity contribution < 1.29 is 0 Å². The van der Waals surface area contributed by atoms with Gasteiger partial charge in [-0.15, -0.1) is 20.4 Å². The van der Waals surface area contributed by atoms with E-state index < -0.39 is 5.41 Å². The van der Waals surface area contributed by atoms with Crippen LogP contribution in [0.2, 0.25) is 0 Å². The zero-order valence-electron chi connectivity index (χ0n) is 28.4. The molecule has 46 heavy (non-hydrogen) atoms. The second-order valence-corrected chi connectivity index (χ2v) is 14.1. The van der Waals surface area contributed by atoms with Crippen molar-refractivity contribution in [3.63, 3.8) is 0 Å². The first kappa shape index (κ1) is 32.4. The van der Waals surface area contributed by atoms with Crippen molar-refractivity contribution in [2.24, 2.45) is 10.2 Å². The SMILES string of the molecule is Cc1cc(C)c(Nc2cc(C)c(N=Nc3c(C#N)c(C(C)(C)C)nn3-c3nnc(C)s3)c(Nc3c(C)cc(C)cc3C)n2)c(C)c1. The Morgan fingerprint density at radius 3 is 1.83 bits per heavy atom. The van der Waals surface area contributed by atoms with Gasteiger partial charge in [-0.1, -0.05) is 67.5 Å². The molecule has 0 amide bonds. The maximum absolute atomic E-state index is 10.3. The number of pyridine rings is 1. The minimum atomic E-state index is -0.412. The van der Waals surface area contributed by atoms with Crippen molar-refractivity contribution in [3.05, 3.63) is 85.5 Å². The number of nitriles is 1. The second kappa shape index (κ2) is 12.4. The average molecular weight is 633 g/mol. The van der Waals surface area contributed by atoms with Crippen molar-refractivity contribution in [2.75, 3.05) is 10.6 Å². The van der Waals surface area contributed by atoms with E-state index in [1.807, 2.05) is 40.7 Å². The van der Waals surface area contributed by atoms with E-state index in [1.165, 1.54) is 22.5 Å². The molecule has 0 spiro atoms. The highest BCUT2D eigenvalue weighted by Gasteiger charge is 2.29. The molecule has 5 rings (SSSR count). The molecule has 5 aromatic rings. The first-order valence-corrected chi connectivity index (χ1v) is 15.9. The Kier molecular flexibility index (Phi) is 8.78. The predicted octanol–water partition coefficient (Wildman–Crippen LogP) is 9.66. The van der Waals surface area contributed by atoms with Crippen LogP contribution in [0.1, 0.15) is 76.0 Å². The van der Waals surface area contributed by atoms with Crippen molar-refractivity contribution in [2.45, 2.75) is 81.6 Å². The molecule has 0 aliphatic heterocycles. The van der Waals surface area contributed by atoms with E-state index in [0.717, 1.165) is 44.2 Å². The van der Waals surface area contributed by atoms with Crippen LogP contribution in [0.4, 0.5) is 34.5 Å². The molecule has 0 aliphatic rings. The highest BCUT2D eigenvalue weighted by atomic mass is 32.1. The number of aromatic nitrogens is 5. The van der Waals surface area contributed by atoms with Crippen LogP contribution in [0.3, 0.4) is 0 Å². The Morgan fingerprint density at radius 1 is 0.761 bits per heavy atom. The molecule has 2 N–H and O–H groups in total. The molecule has 0 bridgehead atoms. The highest BCUT2D eigenvalue weighted by Crippen LogP contribution is 2.39. The molecule has 0 radical (unpaired) electrons. The van der Waals surface area contributed by atoms with Gasteiger partial charge in [0.1, 0.15) is 28.1 Å². The molecule has 236 valence electrons. The van der Waals surface area contributed by atoms with Crippen molar-refractivity contribution in [1.82, 2.24) is 25.0 Å². The third kappa shape index (κ3) is 6.53. The molecule has 2 aromatic carbocycles. The van der Waals surface area contributed by atoms with Gasteiger partial charge < -0.3 is 10.6 Å². The fourth-order valence-electron chi connectivity index (χ4n) is 5.68. The van der Waals surface area contributed by atoms with Gasteiger partial charge in [-0.3, -0.25) is 0 Å². The molecule has 0 unspecified atom stereocenters. The Labute approximate surface area is 274 Å². The van der Waals surface area contributed by atoms with Gasteiger partial charge in [-0.25, -0.2) is 4.98 Å². The number of anilines is 4. The lowest BCUT2D eigenvalue weighted by Gasteiger charge is -2.18. The largest absolute Gasteiger partial charge is 0.340 e. The normalized spacial score (nSPS) is 11.7. The maximum Gasteiger partial charge on any atom is 0.234 e. The zero-order valence-corrected chi connectivity index (χ0v) is 29.2. The van der Waals surface area contributed by atoms with E-state index >= 15 is 0 Å². The third-order valence-electron chi connectivity index (χ3n) is 7.66. The molecule has 3 aromatic heterocycles. The molecular weight excluding hydrogens is 593 g/mol. The fraction of sp³-hybridized carbons (Fsp3) is 0.343. The van der Waals surface area contributed by atoms with Gasteiger partial charge in [-0.2, -0.15) is 15.0 Å². The number of aryl methyl sites for hydroxylation is 8. The molecule has 0 aliphatic carbocycles. The number of nitrogens with zero attached hydrogens (tertiary/aromatic N) is 8. The van der Waals surface area contributed by atoms with Gasteiger partial charge in [0.15, 0.2) is 11.6 Å². The number of benzene rings is 2.